The van der Waals surface area contributed by atoms with Crippen molar-refractivity contribution in [2.45, 2.75) is 70.8 Å². The Balaban J connectivity index is 1.37. The number of aliphatic hydroxyl groups excluding tert-OH is 1. The number of aryl methyl sites for hydroxylation is 1. The smallest absolute Gasteiger partial charge is 0.162 e. The van der Waals surface area contributed by atoms with Gasteiger partial charge in [-0.25, -0.2) is 4.39 Å². The van der Waals surface area contributed by atoms with Crippen LogP contribution < -0.4 is 0 Å². The summed E-state index contributed by atoms with van der Waals surface area (Å²) in [6.07, 6.45) is 11.3. The molecule has 0 aliphatic heterocycles. The number of Topliss-reactive ketones (excluding diaryl/α,β-unsaturated/α-hetero) is 1. The molecule has 1 aromatic carbocycles. The highest BCUT2D eigenvalue weighted by Gasteiger charge is 2.51. The summed E-state index contributed by atoms with van der Waals surface area (Å²) >= 11 is 0. The minimum Gasteiger partial charge on any atom is -0.393 e. The van der Waals surface area contributed by atoms with Crippen LogP contribution in [-0.2, 0) is 6.42 Å². The first-order valence-electron chi connectivity index (χ1n) is 12.0. The summed E-state index contributed by atoms with van der Waals surface area (Å²) in [6.45, 7) is 4.10. The molecular formula is C28H32FNO2. The molecule has 1 saturated carbocycles. The van der Waals surface area contributed by atoms with Crippen LogP contribution in [0.25, 0.3) is 5.57 Å². The van der Waals surface area contributed by atoms with Crippen LogP contribution in [0.1, 0.15) is 85.3 Å². The highest BCUT2D eigenvalue weighted by molar-refractivity contribution is 5.96. The van der Waals surface area contributed by atoms with Crippen molar-refractivity contribution in [3.63, 3.8) is 0 Å². The molecule has 3 nitrogen and oxygen atoms in total. The summed E-state index contributed by atoms with van der Waals surface area (Å²) in [5.41, 5.74) is 5.83. The maximum atomic E-state index is 13.9. The Morgan fingerprint density at radius 2 is 2.12 bits per heavy atom. The number of carbonyl (C=O) groups is 1. The summed E-state index contributed by atoms with van der Waals surface area (Å²) in [7, 11) is 0. The zero-order valence-electron chi connectivity index (χ0n) is 19.0. The van der Waals surface area contributed by atoms with Gasteiger partial charge in [0, 0.05) is 18.2 Å². The maximum absolute atomic E-state index is 13.9. The molecule has 5 atom stereocenters. The lowest BCUT2D eigenvalue weighted by atomic mass is 9.54. The van der Waals surface area contributed by atoms with Crippen molar-refractivity contribution in [2.75, 3.05) is 0 Å². The van der Waals surface area contributed by atoms with Crippen molar-refractivity contribution in [2.24, 2.45) is 17.3 Å². The number of carbonyl (C=O) groups excluding carboxylic acids is 1. The van der Waals surface area contributed by atoms with E-state index >= 15 is 0 Å². The Morgan fingerprint density at radius 3 is 2.91 bits per heavy atom. The van der Waals surface area contributed by atoms with Crippen LogP contribution in [0, 0.1) is 23.1 Å². The van der Waals surface area contributed by atoms with Crippen molar-refractivity contribution >= 4 is 11.4 Å². The molecule has 0 amide bonds. The summed E-state index contributed by atoms with van der Waals surface area (Å²) in [5.74, 6) is 1.58. The van der Waals surface area contributed by atoms with Crippen LogP contribution in [0.3, 0.4) is 0 Å². The zero-order valence-corrected chi connectivity index (χ0v) is 19.0. The third-order valence-corrected chi connectivity index (χ3v) is 8.43. The SMILES string of the molecule is C[C@@H](O)CCC(=O)c1ccc2c(c1)CC[C@@H]1[C@@H]2CC[C@]2(C)C(c3cncc(F)c3)=CC[C@@H]12. The average Bonchev–Trinajstić information content (AvgIpc) is 3.14. The molecule has 0 radical (unpaired) electrons. The number of aliphatic hydroxyl groups is 1. The third kappa shape index (κ3) is 3.63. The largest absolute Gasteiger partial charge is 0.393 e. The van der Waals surface area contributed by atoms with E-state index in [2.05, 4.69) is 30.1 Å². The highest BCUT2D eigenvalue weighted by Crippen LogP contribution is 2.63. The van der Waals surface area contributed by atoms with Crippen molar-refractivity contribution < 1.29 is 14.3 Å². The second kappa shape index (κ2) is 8.22. The molecule has 1 N–H and O–H groups in total. The van der Waals surface area contributed by atoms with Crippen LogP contribution in [0.15, 0.2) is 42.7 Å². The summed E-state index contributed by atoms with van der Waals surface area (Å²) in [5, 5.41) is 9.49. The predicted molar refractivity (Wildman–Crippen MR) is 124 cm³/mol. The molecule has 5 rings (SSSR count). The van der Waals surface area contributed by atoms with E-state index < -0.39 is 6.10 Å². The highest BCUT2D eigenvalue weighted by atomic mass is 19.1. The second-order valence-electron chi connectivity index (χ2n) is 10.3. The van der Waals surface area contributed by atoms with Crippen molar-refractivity contribution in [3.05, 3.63) is 70.8 Å². The standard InChI is InChI=1S/C28H32FNO2/c1-17(31)3-10-27(32)19-5-6-22-18(13-19)4-7-24-23(22)11-12-28(2)25(8-9-26(24)28)20-14-21(29)16-30-15-20/h5-6,8,13-17,23-24,26,31H,3-4,7,9-12H2,1-2H3/t17-,23-,24-,26+,28-/m1/s1. The lowest BCUT2D eigenvalue weighted by Gasteiger charge is -2.50. The fourth-order valence-electron chi connectivity index (χ4n) is 6.81. The lowest BCUT2D eigenvalue weighted by Crippen LogP contribution is -2.41. The van der Waals surface area contributed by atoms with Crippen LogP contribution >= 0.6 is 0 Å². The van der Waals surface area contributed by atoms with Gasteiger partial charge in [-0.15, -0.1) is 0 Å². The Kier molecular flexibility index (Phi) is 5.53. The van der Waals surface area contributed by atoms with E-state index in [1.807, 2.05) is 6.07 Å². The summed E-state index contributed by atoms with van der Waals surface area (Å²) in [4.78, 5) is 16.7. The molecule has 4 heteroatoms. The van der Waals surface area contributed by atoms with Gasteiger partial charge in [-0.05, 0) is 103 Å². The number of pyridine rings is 1. The second-order valence-corrected chi connectivity index (χ2v) is 10.3. The summed E-state index contributed by atoms with van der Waals surface area (Å²) < 4.78 is 13.9. The quantitative estimate of drug-likeness (QED) is 0.579. The molecule has 0 spiro atoms. The predicted octanol–water partition coefficient (Wildman–Crippen LogP) is 6.11. The Bertz CT molecular complexity index is 1070. The summed E-state index contributed by atoms with van der Waals surface area (Å²) in [6, 6.07) is 7.94. The van der Waals surface area contributed by atoms with Crippen LogP contribution in [0.2, 0.25) is 0 Å². The van der Waals surface area contributed by atoms with Gasteiger partial charge in [0.1, 0.15) is 5.82 Å². The number of nitrogens with zero attached hydrogens (tertiary/aromatic N) is 1. The van der Waals surface area contributed by atoms with E-state index in [0.717, 1.165) is 43.2 Å². The van der Waals surface area contributed by atoms with Gasteiger partial charge in [-0.3, -0.25) is 9.78 Å². The van der Waals surface area contributed by atoms with E-state index in [4.69, 9.17) is 0 Å². The molecule has 0 bridgehead atoms. The van der Waals surface area contributed by atoms with Gasteiger partial charge < -0.3 is 5.11 Å². The van der Waals surface area contributed by atoms with E-state index in [1.54, 1.807) is 19.2 Å². The molecule has 3 aliphatic rings. The first-order valence-corrected chi connectivity index (χ1v) is 12.0. The van der Waals surface area contributed by atoms with Gasteiger partial charge in [0.15, 0.2) is 5.78 Å². The number of hydrogen-bond donors (Lipinski definition) is 1. The number of hydrogen-bond acceptors (Lipinski definition) is 3. The maximum Gasteiger partial charge on any atom is 0.162 e. The van der Waals surface area contributed by atoms with Gasteiger partial charge in [-0.1, -0.05) is 25.1 Å². The number of aromatic nitrogens is 1. The fraction of sp³-hybridized carbons (Fsp3) is 0.500. The third-order valence-electron chi connectivity index (χ3n) is 8.43. The van der Waals surface area contributed by atoms with E-state index in [9.17, 15) is 14.3 Å². The van der Waals surface area contributed by atoms with E-state index in [0.29, 0.717) is 30.6 Å². The first kappa shape index (κ1) is 21.5. The van der Waals surface area contributed by atoms with Gasteiger partial charge >= 0.3 is 0 Å². The molecule has 1 fully saturated rings. The first-order chi connectivity index (χ1) is 15.4. The van der Waals surface area contributed by atoms with E-state index in [1.165, 1.54) is 22.9 Å². The Morgan fingerprint density at radius 1 is 1.28 bits per heavy atom. The van der Waals surface area contributed by atoms with E-state index in [-0.39, 0.29) is 17.0 Å². The Hall–Kier alpha value is -2.33. The molecule has 1 heterocycles. The number of halogens is 1. The fourth-order valence-corrected chi connectivity index (χ4v) is 6.81. The lowest BCUT2D eigenvalue weighted by molar-refractivity contribution is 0.0884. The number of fused-ring (bicyclic) bond motifs is 5. The minimum absolute atomic E-state index is 0.0744. The van der Waals surface area contributed by atoms with Crippen LogP contribution in [0.5, 0.6) is 0 Å². The monoisotopic (exact) mass is 433 g/mol. The van der Waals surface area contributed by atoms with Crippen molar-refractivity contribution in [3.8, 4) is 0 Å². The normalized spacial score (nSPS) is 29.5. The molecular weight excluding hydrogens is 401 g/mol. The van der Waals surface area contributed by atoms with Crippen LogP contribution in [0.4, 0.5) is 4.39 Å². The van der Waals surface area contributed by atoms with Gasteiger partial charge in [0.05, 0.1) is 12.3 Å². The molecule has 0 saturated heterocycles. The van der Waals surface area contributed by atoms with Crippen molar-refractivity contribution in [1.29, 1.82) is 0 Å². The van der Waals surface area contributed by atoms with Crippen LogP contribution in [-0.4, -0.2) is 22.0 Å². The van der Waals surface area contributed by atoms with Gasteiger partial charge in [0.2, 0.25) is 0 Å². The molecule has 168 valence electrons. The minimum atomic E-state index is -0.443. The number of allylic oxidation sites excluding steroid dienone is 2. The molecule has 3 aliphatic carbocycles. The number of rotatable bonds is 5. The number of ketones is 1. The molecule has 32 heavy (non-hydrogen) atoms. The molecule has 1 aromatic heterocycles. The molecule has 2 aromatic rings. The number of benzene rings is 1. The Labute approximate surface area is 189 Å². The molecule has 0 unspecified atom stereocenters. The topological polar surface area (TPSA) is 50.2 Å². The van der Waals surface area contributed by atoms with Gasteiger partial charge in [-0.2, -0.15) is 0 Å². The zero-order chi connectivity index (χ0) is 22.5. The van der Waals surface area contributed by atoms with Crippen molar-refractivity contribution in [1.82, 2.24) is 4.98 Å². The van der Waals surface area contributed by atoms with Gasteiger partial charge in [0.25, 0.3) is 0 Å². The average molecular weight is 434 g/mol.